The third-order valence-electron chi connectivity index (χ3n) is 5.02. The van der Waals surface area contributed by atoms with E-state index in [1.54, 1.807) is 24.3 Å². The summed E-state index contributed by atoms with van der Waals surface area (Å²) in [5.41, 5.74) is 6.47. The van der Waals surface area contributed by atoms with Crippen molar-refractivity contribution in [3.8, 4) is 23.6 Å². The first-order valence-corrected chi connectivity index (χ1v) is 10.5. The number of aromatic amines is 1. The van der Waals surface area contributed by atoms with Gasteiger partial charge in [-0.2, -0.15) is 10.5 Å². The Morgan fingerprint density at radius 2 is 2.00 bits per heavy atom. The predicted octanol–water partition coefficient (Wildman–Crippen LogP) is 1.83. The number of nitrogens with one attached hydrogen (secondary N) is 1. The molecule has 10 nitrogen and oxygen atoms in total. The van der Waals surface area contributed by atoms with Gasteiger partial charge in [0.25, 0.3) is 0 Å². The van der Waals surface area contributed by atoms with Crippen LogP contribution in [0.1, 0.15) is 45.9 Å². The Labute approximate surface area is 186 Å². The summed E-state index contributed by atoms with van der Waals surface area (Å²) in [4.78, 5) is 29.3. The zero-order valence-corrected chi connectivity index (χ0v) is 17.7. The Kier molecular flexibility index (Phi) is 5.67. The van der Waals surface area contributed by atoms with Crippen LogP contribution in [0.3, 0.4) is 0 Å². The molecule has 0 amide bonds. The Bertz CT molecular complexity index is 1340. The van der Waals surface area contributed by atoms with E-state index in [1.807, 2.05) is 6.07 Å². The molecule has 0 atom stereocenters. The molecule has 32 heavy (non-hydrogen) atoms. The van der Waals surface area contributed by atoms with E-state index in [1.165, 1.54) is 11.8 Å². The number of H-pyrrole nitrogens is 1. The van der Waals surface area contributed by atoms with Crippen molar-refractivity contribution in [2.45, 2.75) is 23.8 Å². The summed E-state index contributed by atoms with van der Waals surface area (Å²) < 4.78 is 11.2. The first-order valence-electron chi connectivity index (χ1n) is 9.56. The van der Waals surface area contributed by atoms with Gasteiger partial charge in [0.1, 0.15) is 28.7 Å². The lowest BCUT2D eigenvalue weighted by molar-refractivity contribution is -0.672. The molecule has 0 unspecified atom stereocenters. The highest BCUT2D eigenvalue weighted by Gasteiger charge is 2.34. The van der Waals surface area contributed by atoms with Crippen LogP contribution in [0, 0.1) is 22.7 Å². The molecule has 2 aromatic heterocycles. The van der Waals surface area contributed by atoms with E-state index in [0.717, 1.165) is 24.6 Å². The number of methoxy groups -OCH3 is 1. The van der Waals surface area contributed by atoms with Gasteiger partial charge in [-0.3, -0.25) is 9.32 Å². The van der Waals surface area contributed by atoms with Crippen LogP contribution >= 0.6 is 11.8 Å². The highest BCUT2D eigenvalue weighted by atomic mass is 32.2. The third kappa shape index (κ3) is 3.82. The smallest absolute Gasteiger partial charge is 0.438 e. The number of anilines is 1. The second kappa shape index (κ2) is 8.57. The maximum absolute atomic E-state index is 12.9. The number of Topliss-reactive ketones (excluding diaryl/α,β-unsaturated/α-hetero) is 1. The van der Waals surface area contributed by atoms with Crippen LogP contribution in [0.25, 0.3) is 5.69 Å². The van der Waals surface area contributed by atoms with Crippen LogP contribution in [0.15, 0.2) is 38.6 Å². The predicted molar refractivity (Wildman–Crippen MR) is 113 cm³/mol. The molecule has 3 aromatic rings. The van der Waals surface area contributed by atoms with E-state index in [2.05, 4.69) is 16.3 Å². The molecule has 3 N–H and O–H groups in total. The number of aromatic nitrogens is 3. The molecule has 2 heterocycles. The third-order valence-corrected chi connectivity index (χ3v) is 6.00. The lowest BCUT2D eigenvalue weighted by Crippen LogP contribution is -2.41. The summed E-state index contributed by atoms with van der Waals surface area (Å²) in [6.07, 6.45) is 1.73. The van der Waals surface area contributed by atoms with E-state index >= 15 is 0 Å². The van der Waals surface area contributed by atoms with E-state index in [0.29, 0.717) is 17.0 Å². The summed E-state index contributed by atoms with van der Waals surface area (Å²) in [5.74, 6) is 0.0213. The van der Waals surface area contributed by atoms with Gasteiger partial charge in [-0.05, 0) is 46.4 Å². The largest absolute Gasteiger partial charge is 0.497 e. The molecule has 0 aliphatic heterocycles. The van der Waals surface area contributed by atoms with Gasteiger partial charge in [-0.1, -0.05) is 11.8 Å². The molecule has 0 saturated heterocycles. The van der Waals surface area contributed by atoms with E-state index in [9.17, 15) is 20.1 Å². The van der Waals surface area contributed by atoms with Crippen LogP contribution in [0.2, 0.25) is 0 Å². The molecular formula is C21H17N6O4S+. The van der Waals surface area contributed by atoms with E-state index < -0.39 is 11.4 Å². The van der Waals surface area contributed by atoms with Gasteiger partial charge >= 0.3 is 11.3 Å². The molecule has 1 saturated carbocycles. The standard InChI is InChI=1S/C21H16N6O4S/c1-30-13-6-4-12(5-7-13)27-18(21(29)31-26-27)16(28)10-32-20-15(9-23)17(11-2-3-11)14(8-22)19(24)25-20/h4-7,11H,2-3,10H2,1H3,(H2-,24,25,26,28,29)/p+1. The number of pyridine rings is 1. The van der Waals surface area contributed by atoms with Gasteiger partial charge in [-0.25, -0.2) is 9.78 Å². The Balaban J connectivity index is 1.63. The number of rotatable bonds is 7. The number of ether oxygens (including phenoxy) is 1. The monoisotopic (exact) mass is 449 g/mol. The second-order valence-electron chi connectivity index (χ2n) is 7.04. The lowest BCUT2D eigenvalue weighted by atomic mass is 10.0. The molecule has 0 bridgehead atoms. The normalized spacial score (nSPS) is 12.7. The van der Waals surface area contributed by atoms with Crippen molar-refractivity contribution in [3.05, 3.63) is 57.1 Å². The Morgan fingerprint density at radius 3 is 2.59 bits per heavy atom. The molecule has 0 radical (unpaired) electrons. The summed E-state index contributed by atoms with van der Waals surface area (Å²) in [5, 5.41) is 21.8. The highest BCUT2D eigenvalue weighted by Crippen LogP contribution is 2.45. The summed E-state index contributed by atoms with van der Waals surface area (Å²) in [6, 6.07) is 10.8. The number of hydrogen-bond donors (Lipinski definition) is 2. The number of ketones is 1. The van der Waals surface area contributed by atoms with Crippen molar-refractivity contribution in [2.75, 3.05) is 18.6 Å². The van der Waals surface area contributed by atoms with Gasteiger partial charge in [0.15, 0.2) is 0 Å². The fourth-order valence-corrected chi connectivity index (χ4v) is 4.20. The van der Waals surface area contributed by atoms with Crippen LogP contribution in [0.5, 0.6) is 5.75 Å². The van der Waals surface area contributed by atoms with Gasteiger partial charge in [0.2, 0.25) is 11.5 Å². The molecule has 1 aromatic carbocycles. The van der Waals surface area contributed by atoms with Crippen molar-refractivity contribution in [1.82, 2.24) is 10.3 Å². The summed E-state index contributed by atoms with van der Waals surface area (Å²) in [6.45, 7) is 0. The zero-order valence-electron chi connectivity index (χ0n) is 16.9. The SMILES string of the molecule is COc1ccc(-[n+]2[nH]oc(=O)c2C(=O)CSc2nc(N)c(C#N)c(C3CC3)c2C#N)cc1. The van der Waals surface area contributed by atoms with Gasteiger partial charge in [0.05, 0.1) is 24.0 Å². The number of hydrogen-bond acceptors (Lipinski definition) is 9. The summed E-state index contributed by atoms with van der Waals surface area (Å²) in [7, 11) is 1.53. The number of nitriles is 2. The number of carbonyl (C=O) groups excluding carboxylic acids is 1. The van der Waals surface area contributed by atoms with Crippen LogP contribution in [-0.4, -0.2) is 28.9 Å². The molecule has 160 valence electrons. The van der Waals surface area contributed by atoms with Gasteiger partial charge < -0.3 is 10.5 Å². The van der Waals surface area contributed by atoms with Gasteiger partial charge in [-0.15, -0.1) is 0 Å². The lowest BCUT2D eigenvalue weighted by Gasteiger charge is -2.11. The Hall–Kier alpha value is -4.09. The van der Waals surface area contributed by atoms with E-state index in [4.69, 9.17) is 15.0 Å². The van der Waals surface area contributed by atoms with Crippen molar-refractivity contribution in [1.29, 1.82) is 10.5 Å². The maximum Gasteiger partial charge on any atom is 0.438 e. The summed E-state index contributed by atoms with van der Waals surface area (Å²) >= 11 is 0.989. The maximum atomic E-state index is 12.9. The molecule has 4 rings (SSSR count). The fourth-order valence-electron chi connectivity index (χ4n) is 3.34. The van der Waals surface area contributed by atoms with Crippen LogP contribution in [-0.2, 0) is 0 Å². The average Bonchev–Trinajstić information content (AvgIpc) is 3.58. The number of carbonyl (C=O) groups is 1. The fraction of sp³-hybridized carbons (Fsp3) is 0.238. The highest BCUT2D eigenvalue weighted by molar-refractivity contribution is 8.00. The van der Waals surface area contributed by atoms with Crippen molar-refractivity contribution in [3.63, 3.8) is 0 Å². The number of nitrogens with two attached hydrogens (primary N) is 1. The number of nitrogens with zero attached hydrogens (tertiary/aromatic N) is 4. The minimum absolute atomic E-state index is 0.0257. The van der Waals surface area contributed by atoms with Crippen molar-refractivity contribution < 1.29 is 18.7 Å². The first-order chi connectivity index (χ1) is 15.5. The number of thioether (sulfide) groups is 1. The molecule has 1 aliphatic carbocycles. The molecule has 0 spiro atoms. The first kappa shape index (κ1) is 21.2. The number of nitrogen functional groups attached to an aromatic ring is 1. The molecule has 11 heteroatoms. The Morgan fingerprint density at radius 1 is 1.31 bits per heavy atom. The average molecular weight is 449 g/mol. The van der Waals surface area contributed by atoms with Crippen LogP contribution in [0.4, 0.5) is 5.82 Å². The minimum atomic E-state index is -0.821. The minimum Gasteiger partial charge on any atom is -0.497 e. The zero-order chi connectivity index (χ0) is 22.8. The topological polar surface area (TPSA) is 163 Å². The van der Waals surface area contributed by atoms with Crippen LogP contribution < -0.4 is 20.8 Å². The van der Waals surface area contributed by atoms with Gasteiger partial charge in [0, 0.05) is 12.1 Å². The van der Waals surface area contributed by atoms with Crippen molar-refractivity contribution in [2.24, 2.45) is 0 Å². The van der Waals surface area contributed by atoms with Crippen molar-refractivity contribution >= 4 is 23.4 Å². The quantitative estimate of drug-likeness (QED) is 0.311. The second-order valence-corrected chi connectivity index (χ2v) is 8.00. The molecule has 1 fully saturated rings. The van der Waals surface area contributed by atoms with E-state index in [-0.39, 0.29) is 39.3 Å². The molecule has 1 aliphatic rings. The molecular weight excluding hydrogens is 432 g/mol. The number of benzene rings is 1.